The van der Waals surface area contributed by atoms with Crippen molar-refractivity contribution in [2.75, 3.05) is 14.2 Å². The highest BCUT2D eigenvalue weighted by Gasteiger charge is 2.18. The number of hydrogen-bond donors (Lipinski definition) is 1. The Morgan fingerprint density at radius 1 is 1.17 bits per heavy atom. The summed E-state index contributed by atoms with van der Waals surface area (Å²) in [6.45, 7) is 1.68. The van der Waals surface area contributed by atoms with Crippen LogP contribution >= 0.6 is 11.6 Å². The van der Waals surface area contributed by atoms with E-state index in [4.69, 9.17) is 30.3 Å². The highest BCUT2D eigenvalue weighted by atomic mass is 35.5. The number of carbonyl (C=O) groups is 1. The molecule has 0 saturated carbocycles. The first-order valence-electron chi connectivity index (χ1n) is 8.75. The minimum atomic E-state index is -0.751. The number of methoxy groups -OCH3 is 2. The summed E-state index contributed by atoms with van der Waals surface area (Å²) >= 11 is 6.04. The number of amides is 1. The molecule has 3 rings (SSSR count). The lowest BCUT2D eigenvalue weighted by Gasteiger charge is -2.14. The summed E-state index contributed by atoms with van der Waals surface area (Å²) in [4.78, 5) is 16.6. The number of nitrogens with one attached hydrogen (secondary N) is 1. The Labute approximate surface area is 172 Å². The molecule has 0 fully saturated rings. The summed E-state index contributed by atoms with van der Waals surface area (Å²) < 4.78 is 21.3. The van der Waals surface area contributed by atoms with Gasteiger partial charge in [-0.05, 0) is 31.2 Å². The van der Waals surface area contributed by atoms with E-state index < -0.39 is 6.10 Å². The van der Waals surface area contributed by atoms with Gasteiger partial charge in [0.05, 0.1) is 31.4 Å². The molecule has 0 bridgehead atoms. The van der Waals surface area contributed by atoms with Gasteiger partial charge in [0.25, 0.3) is 5.91 Å². The van der Waals surface area contributed by atoms with Gasteiger partial charge in [0, 0.05) is 6.07 Å². The van der Waals surface area contributed by atoms with Crippen molar-refractivity contribution in [3.05, 3.63) is 53.4 Å². The molecule has 0 aliphatic heterocycles. The first-order chi connectivity index (χ1) is 14.0. The summed E-state index contributed by atoms with van der Waals surface area (Å²) in [5, 5.41) is 7.07. The lowest BCUT2D eigenvalue weighted by atomic mass is 10.2. The zero-order valence-electron chi connectivity index (χ0n) is 16.1. The molecule has 1 amide bonds. The molecular formula is C20H20ClN3O5. The van der Waals surface area contributed by atoms with Gasteiger partial charge < -0.3 is 24.1 Å². The van der Waals surface area contributed by atoms with Gasteiger partial charge >= 0.3 is 0 Å². The number of nitrogens with zero attached hydrogens (tertiary/aromatic N) is 2. The van der Waals surface area contributed by atoms with Gasteiger partial charge in [0.15, 0.2) is 6.10 Å². The molecule has 0 aliphatic rings. The lowest BCUT2D eigenvalue weighted by molar-refractivity contribution is -0.127. The second-order valence-corrected chi connectivity index (χ2v) is 6.39. The van der Waals surface area contributed by atoms with Crippen molar-refractivity contribution in [3.8, 4) is 28.6 Å². The maximum absolute atomic E-state index is 12.3. The van der Waals surface area contributed by atoms with Crippen LogP contribution in [0.2, 0.25) is 5.02 Å². The minimum Gasteiger partial charge on any atom is -0.497 e. The van der Waals surface area contributed by atoms with Crippen LogP contribution in [-0.4, -0.2) is 36.4 Å². The molecule has 0 unspecified atom stereocenters. The van der Waals surface area contributed by atoms with Crippen molar-refractivity contribution in [1.82, 2.24) is 15.5 Å². The first kappa shape index (κ1) is 20.5. The summed E-state index contributed by atoms with van der Waals surface area (Å²) in [7, 11) is 3.11. The number of carbonyl (C=O) groups excluding carboxylic acids is 1. The molecule has 1 heterocycles. The molecular weight excluding hydrogens is 398 g/mol. The number of benzene rings is 2. The Morgan fingerprint density at radius 3 is 2.69 bits per heavy atom. The van der Waals surface area contributed by atoms with E-state index in [0.717, 1.165) is 0 Å². The van der Waals surface area contributed by atoms with Crippen molar-refractivity contribution >= 4 is 17.5 Å². The normalized spacial score (nSPS) is 11.6. The molecule has 0 saturated heterocycles. The zero-order valence-corrected chi connectivity index (χ0v) is 16.9. The molecule has 152 valence electrons. The monoisotopic (exact) mass is 417 g/mol. The van der Waals surface area contributed by atoms with Crippen molar-refractivity contribution in [1.29, 1.82) is 0 Å². The topological polar surface area (TPSA) is 95.7 Å². The van der Waals surface area contributed by atoms with Crippen molar-refractivity contribution < 1.29 is 23.5 Å². The van der Waals surface area contributed by atoms with Crippen LogP contribution in [0, 0.1) is 0 Å². The summed E-state index contributed by atoms with van der Waals surface area (Å²) in [5.74, 6) is 1.87. The van der Waals surface area contributed by atoms with Gasteiger partial charge in [0.2, 0.25) is 11.7 Å². The number of hydrogen-bond acceptors (Lipinski definition) is 7. The Balaban J connectivity index is 1.62. The summed E-state index contributed by atoms with van der Waals surface area (Å²) in [6, 6.07) is 12.2. The Morgan fingerprint density at radius 2 is 1.97 bits per heavy atom. The Bertz CT molecular complexity index is 992. The van der Waals surface area contributed by atoms with E-state index in [-0.39, 0.29) is 18.3 Å². The predicted octanol–water partition coefficient (Wildman–Crippen LogP) is 3.49. The number of halogens is 1. The van der Waals surface area contributed by atoms with Crippen LogP contribution in [0.5, 0.6) is 17.2 Å². The average Bonchev–Trinajstić information content (AvgIpc) is 3.21. The highest BCUT2D eigenvalue weighted by Crippen LogP contribution is 2.31. The average molecular weight is 418 g/mol. The van der Waals surface area contributed by atoms with Crippen LogP contribution in [0.3, 0.4) is 0 Å². The molecule has 0 aliphatic carbocycles. The first-order valence-corrected chi connectivity index (χ1v) is 9.13. The molecule has 29 heavy (non-hydrogen) atoms. The Kier molecular flexibility index (Phi) is 6.56. The molecule has 2 aromatic carbocycles. The number of rotatable bonds is 8. The van der Waals surface area contributed by atoms with E-state index in [1.54, 1.807) is 63.6 Å². The van der Waals surface area contributed by atoms with Crippen molar-refractivity contribution in [3.63, 3.8) is 0 Å². The zero-order chi connectivity index (χ0) is 20.8. The molecule has 0 radical (unpaired) electrons. The SMILES string of the molecule is COc1ccc(-c2noc(CNC(=O)[C@@H](C)Oc3ccccc3Cl)n2)c(OC)c1. The van der Waals surface area contributed by atoms with Crippen molar-refractivity contribution in [2.24, 2.45) is 0 Å². The minimum absolute atomic E-state index is 0.0561. The lowest BCUT2D eigenvalue weighted by Crippen LogP contribution is -2.36. The fraction of sp³-hybridized carbons (Fsp3) is 0.250. The van der Waals surface area contributed by atoms with E-state index in [0.29, 0.717) is 33.7 Å². The smallest absolute Gasteiger partial charge is 0.261 e. The van der Waals surface area contributed by atoms with Crippen molar-refractivity contribution in [2.45, 2.75) is 19.6 Å². The van der Waals surface area contributed by atoms with Crippen LogP contribution < -0.4 is 19.5 Å². The number of ether oxygens (including phenoxy) is 3. The molecule has 9 heteroatoms. The van der Waals surface area contributed by atoms with E-state index in [1.807, 2.05) is 0 Å². The Hall–Kier alpha value is -3.26. The second kappa shape index (κ2) is 9.29. The van der Waals surface area contributed by atoms with Gasteiger partial charge in [-0.2, -0.15) is 4.98 Å². The third-order valence-corrected chi connectivity index (χ3v) is 4.35. The maximum Gasteiger partial charge on any atom is 0.261 e. The van der Waals surface area contributed by atoms with Gasteiger partial charge in [-0.15, -0.1) is 0 Å². The van der Waals surface area contributed by atoms with Gasteiger partial charge in [-0.3, -0.25) is 4.79 Å². The third-order valence-electron chi connectivity index (χ3n) is 4.04. The van der Waals surface area contributed by atoms with E-state index in [2.05, 4.69) is 15.5 Å². The van der Waals surface area contributed by atoms with Crippen LogP contribution in [0.25, 0.3) is 11.4 Å². The summed E-state index contributed by atoms with van der Waals surface area (Å²) in [5.41, 5.74) is 0.644. The standard InChI is InChI=1S/C20H20ClN3O5/c1-12(28-16-7-5-4-6-15(16)21)20(25)22-11-18-23-19(24-29-18)14-9-8-13(26-2)10-17(14)27-3/h4-10,12H,11H2,1-3H3,(H,22,25)/t12-/m1/s1. The van der Waals surface area contributed by atoms with Gasteiger partial charge in [-0.25, -0.2) is 0 Å². The van der Waals surface area contributed by atoms with Gasteiger partial charge in [-0.1, -0.05) is 28.9 Å². The van der Waals surface area contributed by atoms with Crippen LogP contribution in [0.4, 0.5) is 0 Å². The predicted molar refractivity (Wildman–Crippen MR) is 106 cm³/mol. The van der Waals surface area contributed by atoms with Crippen LogP contribution in [0.15, 0.2) is 47.0 Å². The molecule has 1 N–H and O–H groups in total. The maximum atomic E-state index is 12.3. The molecule has 8 nitrogen and oxygen atoms in total. The van der Waals surface area contributed by atoms with Gasteiger partial charge in [0.1, 0.15) is 17.2 Å². The van der Waals surface area contributed by atoms with E-state index in [9.17, 15) is 4.79 Å². The fourth-order valence-corrected chi connectivity index (χ4v) is 2.69. The molecule has 0 spiro atoms. The molecule has 1 aromatic heterocycles. The summed E-state index contributed by atoms with van der Waals surface area (Å²) in [6.07, 6.45) is -0.751. The molecule has 1 atom stereocenters. The van der Waals surface area contributed by atoms with Crippen LogP contribution in [-0.2, 0) is 11.3 Å². The third kappa shape index (κ3) is 4.97. The van der Waals surface area contributed by atoms with E-state index >= 15 is 0 Å². The fourth-order valence-electron chi connectivity index (χ4n) is 2.51. The quantitative estimate of drug-likeness (QED) is 0.599. The highest BCUT2D eigenvalue weighted by molar-refractivity contribution is 6.32. The number of para-hydroxylation sites is 1. The largest absolute Gasteiger partial charge is 0.497 e. The van der Waals surface area contributed by atoms with E-state index in [1.165, 1.54) is 0 Å². The van der Waals surface area contributed by atoms with Crippen LogP contribution in [0.1, 0.15) is 12.8 Å². The number of aromatic nitrogens is 2. The second-order valence-electron chi connectivity index (χ2n) is 5.99. The molecule has 3 aromatic rings.